The Morgan fingerprint density at radius 3 is 2.50 bits per heavy atom. The highest BCUT2D eigenvalue weighted by Gasteiger charge is 2.13. The molecule has 0 saturated heterocycles. The van der Waals surface area contributed by atoms with Gasteiger partial charge >= 0.3 is 0 Å². The molecule has 0 spiro atoms. The van der Waals surface area contributed by atoms with Crippen LogP contribution in [-0.4, -0.2) is 34.7 Å². The summed E-state index contributed by atoms with van der Waals surface area (Å²) in [6.45, 7) is 1.91. The number of aromatic nitrogens is 1. The lowest BCUT2D eigenvalue weighted by Gasteiger charge is -2.17. The van der Waals surface area contributed by atoms with Gasteiger partial charge in [0, 0.05) is 36.5 Å². The van der Waals surface area contributed by atoms with Crippen LogP contribution in [0.4, 0.5) is 10.8 Å². The molecule has 0 fully saturated rings. The molecule has 1 aromatic carbocycles. The minimum Gasteiger partial charge on any atom is -0.342 e. The number of hydrogen-bond acceptors (Lipinski definition) is 6. The zero-order chi connectivity index (χ0) is 21.5. The van der Waals surface area contributed by atoms with Crippen LogP contribution in [0.25, 0.3) is 0 Å². The molecule has 156 valence electrons. The van der Waals surface area contributed by atoms with E-state index in [4.69, 9.17) is 0 Å². The first kappa shape index (κ1) is 21.7. The summed E-state index contributed by atoms with van der Waals surface area (Å²) >= 11 is 2.82. The number of nitrogens with one attached hydrogen (secondary N) is 2. The molecular formula is C21H22N4O3S2. The van der Waals surface area contributed by atoms with Crippen LogP contribution in [0.1, 0.15) is 23.1 Å². The number of thiazole rings is 1. The fourth-order valence-electron chi connectivity index (χ4n) is 2.69. The molecule has 3 aromatic rings. The maximum absolute atomic E-state index is 12.5. The Hall–Kier alpha value is -3.04. The number of nitrogens with zero attached hydrogens (tertiary/aromatic N) is 2. The molecule has 0 bridgehead atoms. The van der Waals surface area contributed by atoms with Crippen molar-refractivity contribution in [1.82, 2.24) is 9.88 Å². The van der Waals surface area contributed by atoms with Gasteiger partial charge in [-0.15, -0.1) is 22.7 Å². The number of para-hydroxylation sites is 1. The van der Waals surface area contributed by atoms with Crippen LogP contribution in [0.2, 0.25) is 0 Å². The smallest absolute Gasteiger partial charge is 0.231 e. The number of carbonyl (C=O) groups is 3. The molecule has 7 nitrogen and oxygen atoms in total. The molecule has 30 heavy (non-hydrogen) atoms. The van der Waals surface area contributed by atoms with Gasteiger partial charge in [-0.05, 0) is 23.1 Å². The van der Waals surface area contributed by atoms with E-state index in [0.29, 0.717) is 29.5 Å². The first-order valence-electron chi connectivity index (χ1n) is 9.27. The van der Waals surface area contributed by atoms with Crippen molar-refractivity contribution in [3.63, 3.8) is 0 Å². The van der Waals surface area contributed by atoms with E-state index in [1.54, 1.807) is 23.4 Å². The molecular weight excluding hydrogens is 420 g/mol. The molecule has 9 heteroatoms. The Labute approximate surface area is 182 Å². The number of thiophene rings is 1. The van der Waals surface area contributed by atoms with Gasteiger partial charge in [0.15, 0.2) is 5.13 Å². The van der Waals surface area contributed by atoms with Gasteiger partial charge in [0.1, 0.15) is 0 Å². The van der Waals surface area contributed by atoms with Crippen molar-refractivity contribution < 1.29 is 14.4 Å². The maximum Gasteiger partial charge on any atom is 0.231 e. The van der Waals surface area contributed by atoms with E-state index in [1.165, 1.54) is 29.6 Å². The molecule has 0 saturated carbocycles. The van der Waals surface area contributed by atoms with E-state index >= 15 is 0 Å². The van der Waals surface area contributed by atoms with E-state index < -0.39 is 0 Å². The van der Waals surface area contributed by atoms with Gasteiger partial charge in [-0.3, -0.25) is 14.4 Å². The number of rotatable bonds is 8. The summed E-state index contributed by atoms with van der Waals surface area (Å²) in [5, 5.41) is 9.82. The summed E-state index contributed by atoms with van der Waals surface area (Å²) in [4.78, 5) is 43.0. The van der Waals surface area contributed by atoms with E-state index in [9.17, 15) is 14.4 Å². The normalized spacial score (nSPS) is 10.5. The lowest BCUT2D eigenvalue weighted by molar-refractivity contribution is -0.128. The lowest BCUT2D eigenvalue weighted by atomic mass is 10.1. The van der Waals surface area contributed by atoms with Gasteiger partial charge in [-0.2, -0.15) is 0 Å². The van der Waals surface area contributed by atoms with Crippen molar-refractivity contribution >= 4 is 51.2 Å². The van der Waals surface area contributed by atoms with Gasteiger partial charge < -0.3 is 15.5 Å². The third-order valence-corrected chi connectivity index (χ3v) is 5.97. The second-order valence-electron chi connectivity index (χ2n) is 6.71. The van der Waals surface area contributed by atoms with E-state index in [-0.39, 0.29) is 24.1 Å². The fourth-order valence-corrected chi connectivity index (χ4v) is 4.12. The standard InChI is InChI=1S/C21H22N4O3S2/c1-14(26)25(2)12-15-6-3-4-8-18(15)23-19(27)10-16-13-30-21(22-16)24-20(28)11-17-7-5-9-29-17/h3-9,13H,10-12H2,1-2H3,(H,23,27)(H,22,24,28). The average molecular weight is 443 g/mol. The Kier molecular flexibility index (Phi) is 7.31. The first-order valence-corrected chi connectivity index (χ1v) is 11.0. The van der Waals surface area contributed by atoms with Gasteiger partial charge in [0.05, 0.1) is 18.5 Å². The molecule has 0 aliphatic heterocycles. The second kappa shape index (κ2) is 10.1. The first-order chi connectivity index (χ1) is 14.4. The number of anilines is 2. The summed E-state index contributed by atoms with van der Waals surface area (Å²) in [5.41, 5.74) is 2.10. The van der Waals surface area contributed by atoms with E-state index in [0.717, 1.165) is 10.4 Å². The minimum absolute atomic E-state index is 0.0488. The highest BCUT2D eigenvalue weighted by molar-refractivity contribution is 7.14. The van der Waals surface area contributed by atoms with Crippen LogP contribution in [0.15, 0.2) is 47.2 Å². The molecule has 0 radical (unpaired) electrons. The second-order valence-corrected chi connectivity index (χ2v) is 8.60. The predicted octanol–water partition coefficient (Wildman–Crippen LogP) is 3.55. The van der Waals surface area contributed by atoms with E-state index in [1.807, 2.05) is 35.7 Å². The summed E-state index contributed by atoms with van der Waals surface area (Å²) in [6.07, 6.45) is 0.396. The molecule has 3 rings (SSSR count). The molecule has 0 atom stereocenters. The van der Waals surface area contributed by atoms with Gasteiger partial charge in [-0.1, -0.05) is 24.3 Å². The number of amides is 3. The highest BCUT2D eigenvalue weighted by Crippen LogP contribution is 2.20. The largest absolute Gasteiger partial charge is 0.342 e. The van der Waals surface area contributed by atoms with Crippen LogP contribution < -0.4 is 10.6 Å². The third kappa shape index (κ3) is 6.23. The van der Waals surface area contributed by atoms with Crippen molar-refractivity contribution in [2.24, 2.45) is 0 Å². The van der Waals surface area contributed by atoms with Crippen LogP contribution in [0.3, 0.4) is 0 Å². The van der Waals surface area contributed by atoms with Crippen molar-refractivity contribution in [1.29, 1.82) is 0 Å². The van der Waals surface area contributed by atoms with Crippen molar-refractivity contribution in [3.05, 3.63) is 63.3 Å². The van der Waals surface area contributed by atoms with Crippen LogP contribution >= 0.6 is 22.7 Å². The van der Waals surface area contributed by atoms with Gasteiger partial charge in [0.25, 0.3) is 0 Å². The Morgan fingerprint density at radius 2 is 1.77 bits per heavy atom. The molecule has 2 aromatic heterocycles. The molecule has 2 heterocycles. The summed E-state index contributed by atoms with van der Waals surface area (Å²) < 4.78 is 0. The van der Waals surface area contributed by atoms with Crippen LogP contribution in [0.5, 0.6) is 0 Å². The fraction of sp³-hybridized carbons (Fsp3) is 0.238. The molecule has 0 aliphatic carbocycles. The van der Waals surface area contributed by atoms with Crippen molar-refractivity contribution in [2.75, 3.05) is 17.7 Å². The Balaban J connectivity index is 1.56. The van der Waals surface area contributed by atoms with Gasteiger partial charge in [0.2, 0.25) is 17.7 Å². The predicted molar refractivity (Wildman–Crippen MR) is 120 cm³/mol. The number of benzene rings is 1. The molecule has 0 aliphatic rings. The topological polar surface area (TPSA) is 91.4 Å². The van der Waals surface area contributed by atoms with E-state index in [2.05, 4.69) is 15.6 Å². The van der Waals surface area contributed by atoms with Gasteiger partial charge in [-0.25, -0.2) is 4.98 Å². The van der Waals surface area contributed by atoms with Crippen molar-refractivity contribution in [3.8, 4) is 0 Å². The quantitative estimate of drug-likeness (QED) is 0.558. The van der Waals surface area contributed by atoms with Crippen molar-refractivity contribution in [2.45, 2.75) is 26.3 Å². The SMILES string of the molecule is CC(=O)N(C)Cc1ccccc1NC(=O)Cc1csc(NC(=O)Cc2cccs2)n1. The summed E-state index contributed by atoms with van der Waals surface area (Å²) in [5.74, 6) is -0.395. The average Bonchev–Trinajstić information content (AvgIpc) is 3.35. The number of carbonyl (C=O) groups excluding carboxylic acids is 3. The Bertz CT molecular complexity index is 1030. The monoisotopic (exact) mass is 442 g/mol. The van der Waals surface area contributed by atoms with Crippen LogP contribution in [-0.2, 0) is 33.8 Å². The molecule has 2 N–H and O–H groups in total. The number of hydrogen-bond donors (Lipinski definition) is 2. The highest BCUT2D eigenvalue weighted by atomic mass is 32.1. The molecule has 0 unspecified atom stereocenters. The summed E-state index contributed by atoms with van der Waals surface area (Å²) in [7, 11) is 1.71. The zero-order valence-corrected chi connectivity index (χ0v) is 18.3. The van der Waals surface area contributed by atoms with Crippen LogP contribution in [0, 0.1) is 0 Å². The summed E-state index contributed by atoms with van der Waals surface area (Å²) in [6, 6.07) is 11.2. The lowest BCUT2D eigenvalue weighted by Crippen LogP contribution is -2.24. The minimum atomic E-state index is -0.213. The maximum atomic E-state index is 12.5. The Morgan fingerprint density at radius 1 is 1.00 bits per heavy atom. The zero-order valence-electron chi connectivity index (χ0n) is 16.7. The third-order valence-electron chi connectivity index (χ3n) is 4.29. The molecule has 3 amide bonds.